The molecular formula is C13H26N2O4. The van der Waals surface area contributed by atoms with Gasteiger partial charge in [0.05, 0.1) is 6.42 Å². The van der Waals surface area contributed by atoms with Crippen LogP contribution in [0.15, 0.2) is 0 Å². The van der Waals surface area contributed by atoms with Crippen molar-refractivity contribution < 1.29 is 19.4 Å². The highest BCUT2D eigenvalue weighted by molar-refractivity contribution is 5.75. The SMILES string of the molecule is CCCC(CC(=O)O)NC(=O)NCCCCCOC. The Morgan fingerprint density at radius 1 is 1.26 bits per heavy atom. The molecule has 1 atom stereocenters. The molecule has 0 heterocycles. The van der Waals surface area contributed by atoms with Crippen LogP contribution >= 0.6 is 0 Å². The first-order valence-electron chi connectivity index (χ1n) is 6.85. The monoisotopic (exact) mass is 274 g/mol. The molecule has 0 aromatic rings. The van der Waals surface area contributed by atoms with Crippen LogP contribution in [0, 0.1) is 0 Å². The van der Waals surface area contributed by atoms with Crippen molar-refractivity contribution in [3.05, 3.63) is 0 Å². The van der Waals surface area contributed by atoms with Crippen molar-refractivity contribution in [2.24, 2.45) is 0 Å². The summed E-state index contributed by atoms with van der Waals surface area (Å²) in [5, 5.41) is 14.2. The van der Waals surface area contributed by atoms with Gasteiger partial charge in [0, 0.05) is 26.3 Å². The molecule has 0 aromatic heterocycles. The fourth-order valence-electron chi connectivity index (χ4n) is 1.77. The van der Waals surface area contributed by atoms with E-state index in [1.807, 2.05) is 6.92 Å². The molecule has 0 aliphatic heterocycles. The standard InChI is InChI=1S/C13H26N2O4/c1-3-7-11(10-12(16)17)15-13(18)14-8-5-4-6-9-19-2/h11H,3-10H2,1-2H3,(H,16,17)(H2,14,15,18). The number of amides is 2. The molecule has 0 spiro atoms. The van der Waals surface area contributed by atoms with E-state index in [1.54, 1.807) is 7.11 Å². The molecule has 6 heteroatoms. The van der Waals surface area contributed by atoms with Crippen molar-refractivity contribution >= 4 is 12.0 Å². The average molecular weight is 274 g/mol. The van der Waals surface area contributed by atoms with Crippen LogP contribution in [0.5, 0.6) is 0 Å². The van der Waals surface area contributed by atoms with Gasteiger partial charge in [-0.05, 0) is 25.7 Å². The van der Waals surface area contributed by atoms with Crippen molar-refractivity contribution in [3.8, 4) is 0 Å². The number of ether oxygens (including phenoxy) is 1. The maximum atomic E-state index is 11.6. The molecule has 2 amide bonds. The van der Waals surface area contributed by atoms with Crippen LogP contribution in [0.25, 0.3) is 0 Å². The molecule has 0 aliphatic carbocycles. The second-order valence-electron chi connectivity index (χ2n) is 4.54. The first kappa shape index (κ1) is 17.7. The first-order chi connectivity index (χ1) is 9.10. The van der Waals surface area contributed by atoms with E-state index in [4.69, 9.17) is 9.84 Å². The Morgan fingerprint density at radius 3 is 2.58 bits per heavy atom. The van der Waals surface area contributed by atoms with Gasteiger partial charge >= 0.3 is 12.0 Å². The smallest absolute Gasteiger partial charge is 0.315 e. The molecule has 0 radical (unpaired) electrons. The van der Waals surface area contributed by atoms with Gasteiger partial charge in [-0.3, -0.25) is 4.79 Å². The topological polar surface area (TPSA) is 87.7 Å². The van der Waals surface area contributed by atoms with Crippen LogP contribution < -0.4 is 10.6 Å². The number of nitrogens with one attached hydrogen (secondary N) is 2. The maximum absolute atomic E-state index is 11.6. The van der Waals surface area contributed by atoms with Gasteiger partial charge in [-0.1, -0.05) is 13.3 Å². The van der Waals surface area contributed by atoms with Crippen molar-refractivity contribution in [3.63, 3.8) is 0 Å². The minimum atomic E-state index is -0.890. The molecule has 0 bridgehead atoms. The number of aliphatic carboxylic acids is 1. The van der Waals surface area contributed by atoms with Crippen LogP contribution in [0.4, 0.5) is 4.79 Å². The number of urea groups is 1. The van der Waals surface area contributed by atoms with Gasteiger partial charge in [0.1, 0.15) is 0 Å². The Bertz CT molecular complexity index is 259. The summed E-state index contributed by atoms with van der Waals surface area (Å²) < 4.78 is 4.93. The zero-order valence-electron chi connectivity index (χ0n) is 11.9. The minimum absolute atomic E-state index is 0.0326. The third kappa shape index (κ3) is 11.5. The number of carboxylic acid groups (broad SMARTS) is 1. The molecule has 3 N–H and O–H groups in total. The van der Waals surface area contributed by atoms with Crippen molar-refractivity contribution in [2.45, 2.75) is 51.5 Å². The molecular weight excluding hydrogens is 248 g/mol. The lowest BCUT2D eigenvalue weighted by molar-refractivity contribution is -0.137. The van der Waals surface area contributed by atoms with Crippen LogP contribution in [-0.4, -0.2) is 43.4 Å². The Balaban J connectivity index is 3.71. The number of unbranched alkanes of at least 4 members (excludes halogenated alkanes) is 2. The van der Waals surface area contributed by atoms with E-state index in [0.717, 1.165) is 32.3 Å². The van der Waals surface area contributed by atoms with Crippen LogP contribution in [0.2, 0.25) is 0 Å². The predicted octanol–water partition coefficient (Wildman–Crippen LogP) is 1.75. The van der Waals surface area contributed by atoms with Gasteiger partial charge in [0.2, 0.25) is 0 Å². The lowest BCUT2D eigenvalue weighted by atomic mass is 10.1. The van der Waals surface area contributed by atoms with Gasteiger partial charge in [-0.15, -0.1) is 0 Å². The molecule has 1 unspecified atom stereocenters. The number of carboxylic acids is 1. The third-order valence-electron chi connectivity index (χ3n) is 2.70. The van der Waals surface area contributed by atoms with Crippen molar-refractivity contribution in [1.29, 1.82) is 0 Å². The second-order valence-corrected chi connectivity index (χ2v) is 4.54. The molecule has 6 nitrogen and oxygen atoms in total. The molecule has 0 aromatic carbocycles. The Hall–Kier alpha value is -1.30. The van der Waals surface area contributed by atoms with E-state index in [-0.39, 0.29) is 18.5 Å². The quantitative estimate of drug-likeness (QED) is 0.501. The largest absolute Gasteiger partial charge is 0.481 e. The number of carbonyl (C=O) groups is 2. The maximum Gasteiger partial charge on any atom is 0.315 e. The average Bonchev–Trinajstić information content (AvgIpc) is 2.33. The van der Waals surface area contributed by atoms with Gasteiger partial charge < -0.3 is 20.5 Å². The molecule has 0 rings (SSSR count). The first-order valence-corrected chi connectivity index (χ1v) is 6.85. The van der Waals surface area contributed by atoms with Gasteiger partial charge in [0.15, 0.2) is 0 Å². The number of methoxy groups -OCH3 is 1. The number of carbonyl (C=O) groups excluding carboxylic acids is 1. The van der Waals surface area contributed by atoms with Gasteiger partial charge in [-0.25, -0.2) is 4.79 Å². The summed E-state index contributed by atoms with van der Waals surface area (Å²) in [5.74, 6) is -0.890. The van der Waals surface area contributed by atoms with E-state index < -0.39 is 5.97 Å². The lowest BCUT2D eigenvalue weighted by Crippen LogP contribution is -2.43. The lowest BCUT2D eigenvalue weighted by Gasteiger charge is -2.16. The normalized spacial score (nSPS) is 11.9. The molecule has 0 saturated heterocycles. The van der Waals surface area contributed by atoms with E-state index >= 15 is 0 Å². The Morgan fingerprint density at radius 2 is 2.00 bits per heavy atom. The molecule has 19 heavy (non-hydrogen) atoms. The molecule has 0 aliphatic rings. The highest BCUT2D eigenvalue weighted by Crippen LogP contribution is 2.01. The molecule has 112 valence electrons. The predicted molar refractivity (Wildman–Crippen MR) is 73.2 cm³/mol. The second kappa shape index (κ2) is 11.8. The highest BCUT2D eigenvalue weighted by atomic mass is 16.5. The Labute approximate surface area is 114 Å². The summed E-state index contributed by atoms with van der Waals surface area (Å²) in [6.45, 7) is 3.30. The fourth-order valence-corrected chi connectivity index (χ4v) is 1.77. The summed E-state index contributed by atoms with van der Waals surface area (Å²) in [7, 11) is 1.67. The summed E-state index contributed by atoms with van der Waals surface area (Å²) in [6, 6.07) is -0.581. The minimum Gasteiger partial charge on any atom is -0.481 e. The zero-order valence-corrected chi connectivity index (χ0v) is 11.9. The fraction of sp³-hybridized carbons (Fsp3) is 0.846. The Kier molecular flexibility index (Phi) is 11.0. The van der Waals surface area contributed by atoms with Crippen LogP contribution in [0.3, 0.4) is 0 Å². The summed E-state index contributed by atoms with van der Waals surface area (Å²) in [4.78, 5) is 22.2. The summed E-state index contributed by atoms with van der Waals surface area (Å²) in [5.41, 5.74) is 0. The number of rotatable bonds is 11. The third-order valence-corrected chi connectivity index (χ3v) is 2.70. The van der Waals surface area contributed by atoms with E-state index in [1.165, 1.54) is 0 Å². The summed E-state index contributed by atoms with van der Waals surface area (Å²) in [6.07, 6.45) is 4.37. The molecule has 0 fully saturated rings. The highest BCUT2D eigenvalue weighted by Gasteiger charge is 2.14. The summed E-state index contributed by atoms with van der Waals surface area (Å²) >= 11 is 0. The molecule has 0 saturated carbocycles. The van der Waals surface area contributed by atoms with E-state index in [2.05, 4.69) is 10.6 Å². The van der Waals surface area contributed by atoms with Gasteiger partial charge in [0.25, 0.3) is 0 Å². The van der Waals surface area contributed by atoms with Crippen molar-refractivity contribution in [1.82, 2.24) is 10.6 Å². The van der Waals surface area contributed by atoms with Gasteiger partial charge in [-0.2, -0.15) is 0 Å². The van der Waals surface area contributed by atoms with Crippen LogP contribution in [-0.2, 0) is 9.53 Å². The van der Waals surface area contributed by atoms with E-state index in [0.29, 0.717) is 13.0 Å². The van der Waals surface area contributed by atoms with Crippen molar-refractivity contribution in [2.75, 3.05) is 20.3 Å². The van der Waals surface area contributed by atoms with Crippen LogP contribution in [0.1, 0.15) is 45.4 Å². The number of hydrogen-bond donors (Lipinski definition) is 3. The number of hydrogen-bond acceptors (Lipinski definition) is 3. The zero-order chi connectivity index (χ0) is 14.5. The van der Waals surface area contributed by atoms with E-state index in [9.17, 15) is 9.59 Å².